The Labute approximate surface area is 121 Å². The van der Waals surface area contributed by atoms with E-state index >= 15 is 0 Å². The van der Waals surface area contributed by atoms with Gasteiger partial charge in [0.15, 0.2) is 0 Å². The van der Waals surface area contributed by atoms with Crippen molar-refractivity contribution in [1.82, 2.24) is 4.57 Å². The van der Waals surface area contributed by atoms with Crippen molar-refractivity contribution in [2.75, 3.05) is 6.61 Å². The summed E-state index contributed by atoms with van der Waals surface area (Å²) in [4.78, 5) is 11.8. The third-order valence-electron chi connectivity index (χ3n) is 3.41. The Bertz CT molecular complexity index is 714. The number of hydrogen-bond acceptors (Lipinski definition) is 5. The van der Waals surface area contributed by atoms with Crippen LogP contribution in [0.2, 0.25) is 0 Å². The number of aromatic hydroxyl groups is 1. The maximum atomic E-state index is 11.8. The number of pyridine rings is 1. The average Bonchev–Trinajstić information content (AvgIpc) is 2.40. The molecule has 1 aromatic heterocycles. The van der Waals surface area contributed by atoms with Gasteiger partial charge >= 0.3 is 0 Å². The molecule has 6 nitrogen and oxygen atoms in total. The zero-order chi connectivity index (χ0) is 15.8. The van der Waals surface area contributed by atoms with Crippen molar-refractivity contribution in [2.24, 2.45) is 7.05 Å². The van der Waals surface area contributed by atoms with Gasteiger partial charge in [0.2, 0.25) is 0 Å². The summed E-state index contributed by atoms with van der Waals surface area (Å²) < 4.78 is 6.88. The van der Waals surface area contributed by atoms with E-state index in [9.17, 15) is 20.1 Å². The zero-order valence-electron chi connectivity index (χ0n) is 12.2. The fourth-order valence-electron chi connectivity index (χ4n) is 1.97. The van der Waals surface area contributed by atoms with Crippen molar-refractivity contribution in [3.05, 3.63) is 34.6 Å². The first-order valence-electron chi connectivity index (χ1n) is 6.57. The Morgan fingerprint density at radius 2 is 2.05 bits per heavy atom. The number of nitrogens with zero attached hydrogens (tertiary/aromatic N) is 1. The number of aryl methyl sites for hydroxylation is 1. The van der Waals surface area contributed by atoms with Crippen LogP contribution in [0.15, 0.2) is 29.1 Å². The summed E-state index contributed by atoms with van der Waals surface area (Å²) in [6.45, 7) is 2.82. The highest BCUT2D eigenvalue weighted by Gasteiger charge is 2.25. The van der Waals surface area contributed by atoms with E-state index in [0.717, 1.165) is 6.07 Å². The van der Waals surface area contributed by atoms with Crippen molar-refractivity contribution in [1.29, 1.82) is 0 Å². The second kappa shape index (κ2) is 5.38. The van der Waals surface area contributed by atoms with Crippen LogP contribution in [0.25, 0.3) is 10.9 Å². The molecule has 3 N–H and O–H groups in total. The van der Waals surface area contributed by atoms with Gasteiger partial charge in [0.05, 0.1) is 11.1 Å². The molecule has 0 spiro atoms. The molecule has 0 amide bonds. The average molecular weight is 293 g/mol. The van der Waals surface area contributed by atoms with E-state index in [1.54, 1.807) is 25.2 Å². The number of aliphatic hydroxyl groups excluding tert-OH is 1. The molecule has 0 radical (unpaired) electrons. The van der Waals surface area contributed by atoms with E-state index in [4.69, 9.17) is 4.74 Å². The molecule has 0 saturated carbocycles. The van der Waals surface area contributed by atoms with Gasteiger partial charge < -0.3 is 24.6 Å². The fraction of sp³-hybridized carbons (Fsp3) is 0.400. The van der Waals surface area contributed by atoms with Gasteiger partial charge in [-0.25, -0.2) is 0 Å². The summed E-state index contributed by atoms with van der Waals surface area (Å²) in [5.41, 5.74) is -1.22. The SMILES string of the molecule is Cn1c(=O)cc(O)c2cccc(OCC(O)C(C)(C)O)c21. The minimum atomic E-state index is -1.29. The first kappa shape index (κ1) is 15.3. The van der Waals surface area contributed by atoms with Gasteiger partial charge in [-0.05, 0) is 26.0 Å². The third-order valence-corrected chi connectivity index (χ3v) is 3.41. The van der Waals surface area contributed by atoms with Gasteiger partial charge in [-0.1, -0.05) is 6.07 Å². The lowest BCUT2D eigenvalue weighted by Gasteiger charge is -2.24. The molecule has 0 saturated heterocycles. The predicted molar refractivity (Wildman–Crippen MR) is 78.7 cm³/mol. The number of hydrogen-bond donors (Lipinski definition) is 3. The van der Waals surface area contributed by atoms with E-state index in [-0.39, 0.29) is 17.9 Å². The van der Waals surface area contributed by atoms with E-state index < -0.39 is 11.7 Å². The van der Waals surface area contributed by atoms with Gasteiger partial charge in [0.25, 0.3) is 5.56 Å². The molecule has 0 bridgehead atoms. The molecule has 1 unspecified atom stereocenters. The smallest absolute Gasteiger partial charge is 0.254 e. The largest absolute Gasteiger partial charge is 0.507 e. The molecule has 1 aromatic carbocycles. The van der Waals surface area contributed by atoms with Crippen LogP contribution >= 0.6 is 0 Å². The Kier molecular flexibility index (Phi) is 3.93. The number of para-hydroxylation sites is 1. The molecule has 2 rings (SSSR count). The molecule has 0 aliphatic heterocycles. The molecule has 21 heavy (non-hydrogen) atoms. The Balaban J connectivity index is 2.44. The summed E-state index contributed by atoms with van der Waals surface area (Å²) in [7, 11) is 1.57. The molecule has 1 heterocycles. The quantitative estimate of drug-likeness (QED) is 0.774. The number of benzene rings is 1. The van der Waals surface area contributed by atoms with Crippen molar-refractivity contribution < 1.29 is 20.1 Å². The number of ether oxygens (including phenoxy) is 1. The van der Waals surface area contributed by atoms with Gasteiger partial charge in [-0.2, -0.15) is 0 Å². The molecule has 2 aromatic rings. The van der Waals surface area contributed by atoms with Gasteiger partial charge in [0.1, 0.15) is 24.2 Å². The van der Waals surface area contributed by atoms with Crippen LogP contribution in [-0.4, -0.2) is 38.2 Å². The Hall–Kier alpha value is -2.05. The predicted octanol–water partition coefficient (Wildman–Crippen LogP) is 0.755. The maximum absolute atomic E-state index is 11.8. The second-order valence-electron chi connectivity index (χ2n) is 5.56. The summed E-state index contributed by atoms with van der Waals surface area (Å²) in [6.07, 6.45) is -1.08. The second-order valence-corrected chi connectivity index (χ2v) is 5.56. The van der Waals surface area contributed by atoms with E-state index in [2.05, 4.69) is 0 Å². The van der Waals surface area contributed by atoms with Crippen LogP contribution in [0.5, 0.6) is 11.5 Å². The number of aliphatic hydroxyl groups is 2. The van der Waals surface area contributed by atoms with Gasteiger partial charge in [-0.3, -0.25) is 4.79 Å². The van der Waals surface area contributed by atoms with Crippen LogP contribution in [-0.2, 0) is 7.05 Å². The molecule has 114 valence electrons. The van der Waals surface area contributed by atoms with Gasteiger partial charge in [0, 0.05) is 18.5 Å². The van der Waals surface area contributed by atoms with E-state index in [1.165, 1.54) is 18.4 Å². The van der Waals surface area contributed by atoms with Gasteiger partial charge in [-0.15, -0.1) is 0 Å². The first-order valence-corrected chi connectivity index (χ1v) is 6.57. The monoisotopic (exact) mass is 293 g/mol. The molecule has 0 fully saturated rings. The van der Waals surface area contributed by atoms with Crippen molar-refractivity contribution >= 4 is 10.9 Å². The normalized spacial score (nSPS) is 13.4. The van der Waals surface area contributed by atoms with Crippen molar-refractivity contribution in [2.45, 2.75) is 25.6 Å². The highest BCUT2D eigenvalue weighted by atomic mass is 16.5. The summed E-state index contributed by atoms with van der Waals surface area (Å²) in [5, 5.41) is 29.8. The van der Waals surface area contributed by atoms with Crippen LogP contribution in [0, 0.1) is 0 Å². The minimum absolute atomic E-state index is 0.124. The third kappa shape index (κ3) is 3.01. The summed E-state index contributed by atoms with van der Waals surface area (Å²) in [5.74, 6) is 0.230. The lowest BCUT2D eigenvalue weighted by atomic mass is 10.0. The first-order chi connectivity index (χ1) is 9.71. The topological polar surface area (TPSA) is 91.9 Å². The van der Waals surface area contributed by atoms with E-state index in [1.807, 2.05) is 0 Å². The molecular weight excluding hydrogens is 274 g/mol. The molecule has 0 aliphatic carbocycles. The number of aromatic nitrogens is 1. The van der Waals surface area contributed by atoms with Crippen molar-refractivity contribution in [3.8, 4) is 11.5 Å². The Morgan fingerprint density at radius 3 is 2.67 bits per heavy atom. The van der Waals surface area contributed by atoms with Crippen LogP contribution in [0.4, 0.5) is 0 Å². The van der Waals surface area contributed by atoms with Crippen LogP contribution < -0.4 is 10.3 Å². The maximum Gasteiger partial charge on any atom is 0.254 e. The zero-order valence-corrected chi connectivity index (χ0v) is 12.2. The molecule has 1 atom stereocenters. The van der Waals surface area contributed by atoms with Crippen molar-refractivity contribution in [3.63, 3.8) is 0 Å². The fourth-order valence-corrected chi connectivity index (χ4v) is 1.97. The van der Waals surface area contributed by atoms with Crippen LogP contribution in [0.1, 0.15) is 13.8 Å². The molecule has 0 aliphatic rings. The van der Waals surface area contributed by atoms with Crippen LogP contribution in [0.3, 0.4) is 0 Å². The highest BCUT2D eigenvalue weighted by Crippen LogP contribution is 2.29. The minimum Gasteiger partial charge on any atom is -0.507 e. The number of fused-ring (bicyclic) bond motifs is 1. The Morgan fingerprint density at radius 1 is 1.38 bits per heavy atom. The lowest BCUT2D eigenvalue weighted by molar-refractivity contribution is -0.0660. The summed E-state index contributed by atoms with van der Waals surface area (Å²) >= 11 is 0. The van der Waals surface area contributed by atoms with E-state index in [0.29, 0.717) is 16.7 Å². The summed E-state index contributed by atoms with van der Waals surface area (Å²) in [6, 6.07) is 6.12. The highest BCUT2D eigenvalue weighted by molar-refractivity contribution is 5.89. The molecule has 6 heteroatoms. The lowest BCUT2D eigenvalue weighted by Crippen LogP contribution is -2.40. The number of rotatable bonds is 4. The standard InChI is InChI=1S/C15H19NO5/c1-15(2,20)12(18)8-21-11-6-4-5-9-10(17)7-13(19)16(3)14(9)11/h4-7,12,17-18,20H,8H2,1-3H3. The molecular formula is C15H19NO5.